The predicted molar refractivity (Wildman–Crippen MR) is 134 cm³/mol. The van der Waals surface area contributed by atoms with E-state index in [2.05, 4.69) is 20.9 Å². The molecule has 35 heavy (non-hydrogen) atoms. The first-order valence-corrected chi connectivity index (χ1v) is 12.6. The highest BCUT2D eigenvalue weighted by Gasteiger charge is 2.31. The number of aliphatic hydroxyl groups is 1. The second-order valence-corrected chi connectivity index (χ2v) is 9.29. The van der Waals surface area contributed by atoms with Gasteiger partial charge in [-0.25, -0.2) is 0 Å². The molecule has 11 nitrogen and oxygen atoms in total. The van der Waals surface area contributed by atoms with Gasteiger partial charge in [0.05, 0.1) is 12.1 Å². The molecule has 5 unspecified atom stereocenters. The Morgan fingerprint density at radius 2 is 1.74 bits per heavy atom. The number of rotatable bonds is 13. The fourth-order valence-electron chi connectivity index (χ4n) is 3.44. The lowest BCUT2D eigenvalue weighted by atomic mass is 10.0. The van der Waals surface area contributed by atoms with E-state index in [1.165, 1.54) is 25.6 Å². The van der Waals surface area contributed by atoms with E-state index in [9.17, 15) is 24.3 Å². The van der Waals surface area contributed by atoms with Crippen LogP contribution in [-0.4, -0.2) is 81.2 Å². The Labute approximate surface area is 207 Å². The van der Waals surface area contributed by atoms with Crippen LogP contribution in [0.3, 0.4) is 0 Å². The first-order chi connectivity index (χ1) is 16.5. The van der Waals surface area contributed by atoms with E-state index in [4.69, 9.17) is 10.8 Å². The summed E-state index contributed by atoms with van der Waals surface area (Å²) < 4.78 is 0. The van der Waals surface area contributed by atoms with Crippen molar-refractivity contribution in [1.82, 2.24) is 20.9 Å². The van der Waals surface area contributed by atoms with Crippen LogP contribution in [-0.2, 0) is 25.6 Å². The SMILES string of the molecule is CSCCC(NC(=O)C(NC(=O)C(N)Cc1c[nH]c2ccccc12)C(C)O)C(=O)NC(C)C(=O)O. The average molecular weight is 508 g/mol. The molecule has 0 saturated carbocycles. The Morgan fingerprint density at radius 3 is 2.37 bits per heavy atom. The summed E-state index contributed by atoms with van der Waals surface area (Å²) in [6, 6.07) is 3.02. The molecular formula is C23H33N5O6S. The van der Waals surface area contributed by atoms with Gasteiger partial charge in [-0.3, -0.25) is 19.2 Å². The topological polar surface area (TPSA) is 187 Å². The van der Waals surface area contributed by atoms with Gasteiger partial charge < -0.3 is 36.9 Å². The monoisotopic (exact) mass is 507 g/mol. The van der Waals surface area contributed by atoms with E-state index < -0.39 is 54.0 Å². The lowest BCUT2D eigenvalue weighted by molar-refractivity contribution is -0.142. The highest BCUT2D eigenvalue weighted by molar-refractivity contribution is 7.98. The summed E-state index contributed by atoms with van der Waals surface area (Å²) in [5, 5.41) is 27.4. The Hall–Kier alpha value is -3.09. The zero-order valence-corrected chi connectivity index (χ0v) is 20.7. The number of aromatic nitrogens is 1. The maximum absolute atomic E-state index is 12.9. The van der Waals surface area contributed by atoms with Gasteiger partial charge in [0.15, 0.2) is 0 Å². The first-order valence-electron chi connectivity index (χ1n) is 11.2. The number of carbonyl (C=O) groups is 4. The number of carboxylic acids is 1. The van der Waals surface area contributed by atoms with E-state index in [0.29, 0.717) is 5.75 Å². The van der Waals surface area contributed by atoms with Crippen LogP contribution in [0.2, 0.25) is 0 Å². The molecule has 1 heterocycles. The van der Waals surface area contributed by atoms with E-state index in [0.717, 1.165) is 16.5 Å². The fourth-order valence-corrected chi connectivity index (χ4v) is 3.91. The van der Waals surface area contributed by atoms with Gasteiger partial charge in [0.2, 0.25) is 17.7 Å². The van der Waals surface area contributed by atoms with Gasteiger partial charge in [0, 0.05) is 17.1 Å². The van der Waals surface area contributed by atoms with Crippen molar-refractivity contribution in [2.45, 2.75) is 57.0 Å². The third-order valence-electron chi connectivity index (χ3n) is 5.49. The number of H-pyrrole nitrogens is 1. The molecule has 1 aromatic carbocycles. The summed E-state index contributed by atoms with van der Waals surface area (Å²) >= 11 is 1.45. The lowest BCUT2D eigenvalue weighted by Crippen LogP contribution is -2.59. The molecule has 0 aliphatic heterocycles. The molecule has 3 amide bonds. The number of carbonyl (C=O) groups excluding carboxylic acids is 3. The van der Waals surface area contributed by atoms with Crippen LogP contribution in [0, 0.1) is 0 Å². The summed E-state index contributed by atoms with van der Waals surface area (Å²) in [6.45, 7) is 2.64. The summed E-state index contributed by atoms with van der Waals surface area (Å²) in [7, 11) is 0. The number of carboxylic acid groups (broad SMARTS) is 1. The van der Waals surface area contributed by atoms with E-state index in [1.807, 2.05) is 30.5 Å². The van der Waals surface area contributed by atoms with Crippen molar-refractivity contribution in [2.24, 2.45) is 5.73 Å². The largest absolute Gasteiger partial charge is 0.480 e. The molecule has 0 aliphatic carbocycles. The van der Waals surface area contributed by atoms with Gasteiger partial charge in [0.1, 0.15) is 18.1 Å². The third-order valence-corrected chi connectivity index (χ3v) is 6.13. The minimum absolute atomic E-state index is 0.204. The molecule has 2 aromatic rings. The smallest absolute Gasteiger partial charge is 0.325 e. The molecule has 0 radical (unpaired) electrons. The number of amides is 3. The number of fused-ring (bicyclic) bond motifs is 1. The molecule has 0 spiro atoms. The summed E-state index contributed by atoms with van der Waals surface area (Å²) in [6.07, 6.45) is 2.75. The van der Waals surface area contributed by atoms with Crippen molar-refractivity contribution in [2.75, 3.05) is 12.0 Å². The molecule has 0 fully saturated rings. The van der Waals surface area contributed by atoms with Crippen LogP contribution < -0.4 is 21.7 Å². The van der Waals surface area contributed by atoms with Crippen molar-refractivity contribution in [3.63, 3.8) is 0 Å². The second-order valence-electron chi connectivity index (χ2n) is 8.31. The number of hydrogen-bond acceptors (Lipinski definition) is 7. The van der Waals surface area contributed by atoms with Crippen LogP contribution in [0.4, 0.5) is 0 Å². The van der Waals surface area contributed by atoms with Crippen molar-refractivity contribution in [3.8, 4) is 0 Å². The Bertz CT molecular complexity index is 1040. The van der Waals surface area contributed by atoms with E-state index in [1.54, 1.807) is 6.20 Å². The zero-order valence-electron chi connectivity index (χ0n) is 19.9. The highest BCUT2D eigenvalue weighted by Crippen LogP contribution is 2.18. The molecule has 2 rings (SSSR count). The molecule has 0 saturated heterocycles. The minimum atomic E-state index is -1.36. The molecule has 5 atom stereocenters. The van der Waals surface area contributed by atoms with Crippen LogP contribution in [0.5, 0.6) is 0 Å². The number of thioether (sulfide) groups is 1. The molecule has 192 valence electrons. The first kappa shape index (κ1) is 28.1. The number of nitrogens with one attached hydrogen (secondary N) is 4. The van der Waals surface area contributed by atoms with E-state index in [-0.39, 0.29) is 12.8 Å². The molecular weight excluding hydrogens is 474 g/mol. The third kappa shape index (κ3) is 7.98. The van der Waals surface area contributed by atoms with Crippen molar-refractivity contribution in [3.05, 3.63) is 36.0 Å². The van der Waals surface area contributed by atoms with Gasteiger partial charge in [-0.2, -0.15) is 11.8 Å². The molecule has 8 N–H and O–H groups in total. The number of nitrogens with two attached hydrogens (primary N) is 1. The van der Waals surface area contributed by atoms with Gasteiger partial charge in [-0.1, -0.05) is 18.2 Å². The van der Waals surface area contributed by atoms with Crippen LogP contribution >= 0.6 is 11.8 Å². The molecule has 1 aromatic heterocycles. The zero-order chi connectivity index (χ0) is 26.1. The van der Waals surface area contributed by atoms with Crippen molar-refractivity contribution < 1.29 is 29.4 Å². The molecule has 0 aliphatic rings. The number of para-hydroxylation sites is 1. The summed E-state index contributed by atoms with van der Waals surface area (Å²) in [4.78, 5) is 52.4. The molecule has 12 heteroatoms. The Balaban J connectivity index is 2.06. The highest BCUT2D eigenvalue weighted by atomic mass is 32.2. The standard InChI is InChI=1S/C23H33N5O6S/c1-12(23(33)34)26-21(31)18(8-9-35-3)27-22(32)19(13(2)29)28-20(30)16(24)10-14-11-25-17-7-5-4-6-15(14)17/h4-7,11-13,16,18-19,25,29H,8-10,24H2,1-3H3,(H,26,31)(H,27,32)(H,28,30)(H,33,34). The minimum Gasteiger partial charge on any atom is -0.480 e. The quantitative estimate of drug-likeness (QED) is 0.193. The van der Waals surface area contributed by atoms with Crippen molar-refractivity contribution >= 4 is 46.4 Å². The summed E-state index contributed by atoms with van der Waals surface area (Å²) in [5.41, 5.74) is 7.83. The maximum atomic E-state index is 12.9. The molecule has 0 bridgehead atoms. The number of hydrogen-bond donors (Lipinski definition) is 7. The Morgan fingerprint density at radius 1 is 1.06 bits per heavy atom. The van der Waals surface area contributed by atoms with Gasteiger partial charge in [0.25, 0.3) is 0 Å². The van der Waals surface area contributed by atoms with Crippen molar-refractivity contribution in [1.29, 1.82) is 0 Å². The van der Waals surface area contributed by atoms with Crippen LogP contribution in [0.15, 0.2) is 30.5 Å². The predicted octanol–water partition coefficient (Wildman–Crippen LogP) is -0.269. The number of aromatic amines is 1. The number of benzene rings is 1. The number of aliphatic hydroxyl groups excluding tert-OH is 1. The Kier molecular flexibility index (Phi) is 10.6. The van der Waals surface area contributed by atoms with E-state index >= 15 is 0 Å². The average Bonchev–Trinajstić information content (AvgIpc) is 3.22. The van der Waals surface area contributed by atoms with Crippen LogP contribution in [0.1, 0.15) is 25.8 Å². The summed E-state index contributed by atoms with van der Waals surface area (Å²) in [5.74, 6) is -2.79. The van der Waals surface area contributed by atoms with Gasteiger partial charge >= 0.3 is 5.97 Å². The normalized spacial score (nSPS) is 15.5. The fraction of sp³-hybridized carbons (Fsp3) is 0.478. The maximum Gasteiger partial charge on any atom is 0.325 e. The van der Waals surface area contributed by atoms with Gasteiger partial charge in [-0.05, 0) is 50.3 Å². The lowest BCUT2D eigenvalue weighted by Gasteiger charge is -2.26. The van der Waals surface area contributed by atoms with Gasteiger partial charge in [-0.15, -0.1) is 0 Å². The second kappa shape index (κ2) is 13.1. The van der Waals surface area contributed by atoms with Crippen LogP contribution in [0.25, 0.3) is 10.9 Å². The number of aliphatic carboxylic acids is 1.